The third-order valence-electron chi connectivity index (χ3n) is 4.30. The summed E-state index contributed by atoms with van der Waals surface area (Å²) >= 11 is 0. The van der Waals surface area contributed by atoms with Crippen LogP contribution in [0.25, 0.3) is 0 Å². The van der Waals surface area contributed by atoms with E-state index in [9.17, 15) is 26.4 Å². The van der Waals surface area contributed by atoms with Gasteiger partial charge in [0.15, 0.2) is 5.75 Å². The Morgan fingerprint density at radius 3 is 2.43 bits per heavy atom. The third-order valence-corrected chi connectivity index (χ3v) is 5.68. The number of rotatable bonds is 3. The minimum atomic E-state index is -4.68. The van der Waals surface area contributed by atoms with Crippen molar-refractivity contribution in [3.05, 3.63) is 77.9 Å². The Morgan fingerprint density at radius 2 is 1.67 bits per heavy atom. The molecule has 30 heavy (non-hydrogen) atoms. The highest BCUT2D eigenvalue weighted by molar-refractivity contribution is 7.92. The van der Waals surface area contributed by atoms with Crippen molar-refractivity contribution < 1.29 is 31.1 Å². The molecule has 6 nitrogen and oxygen atoms in total. The third kappa shape index (κ3) is 3.81. The minimum absolute atomic E-state index is 0.00383. The van der Waals surface area contributed by atoms with Crippen LogP contribution >= 0.6 is 0 Å². The monoisotopic (exact) mass is 434 g/mol. The lowest BCUT2D eigenvalue weighted by molar-refractivity contribution is -0.137. The number of nitrogens with one attached hydrogen (secondary N) is 2. The van der Waals surface area contributed by atoms with Gasteiger partial charge in [0.05, 0.1) is 21.7 Å². The molecule has 0 saturated carbocycles. The van der Waals surface area contributed by atoms with E-state index in [1.54, 1.807) is 24.3 Å². The SMILES string of the molecule is O=C1Nc2ccccc2Oc2ccc(NS(=O)(=O)c3cccc(C(F)(F)F)c3)cc21. The maximum absolute atomic E-state index is 12.9. The first-order valence-electron chi connectivity index (χ1n) is 8.56. The van der Waals surface area contributed by atoms with Crippen LogP contribution in [0.2, 0.25) is 0 Å². The van der Waals surface area contributed by atoms with Gasteiger partial charge >= 0.3 is 6.18 Å². The van der Waals surface area contributed by atoms with Gasteiger partial charge in [-0.05, 0) is 48.5 Å². The first-order chi connectivity index (χ1) is 14.1. The molecule has 2 N–H and O–H groups in total. The van der Waals surface area contributed by atoms with Gasteiger partial charge in [0, 0.05) is 5.69 Å². The molecule has 0 spiro atoms. The quantitative estimate of drug-likeness (QED) is 0.616. The fourth-order valence-electron chi connectivity index (χ4n) is 2.88. The minimum Gasteiger partial charge on any atom is -0.454 e. The molecule has 1 heterocycles. The number of para-hydroxylation sites is 2. The standard InChI is InChI=1S/C20H13F3N2O4S/c21-20(22,23)12-4-3-5-14(10-12)30(27,28)25-13-8-9-17-15(11-13)19(26)24-16-6-1-2-7-18(16)29-17/h1-11,25H,(H,24,26). The van der Waals surface area contributed by atoms with Gasteiger partial charge in [-0.3, -0.25) is 9.52 Å². The molecule has 3 aromatic rings. The molecule has 0 radical (unpaired) electrons. The zero-order valence-corrected chi connectivity index (χ0v) is 15.8. The van der Waals surface area contributed by atoms with Crippen LogP contribution in [0.15, 0.2) is 71.6 Å². The summed E-state index contributed by atoms with van der Waals surface area (Å²) in [6.45, 7) is 0. The Balaban J connectivity index is 1.66. The van der Waals surface area contributed by atoms with E-state index in [2.05, 4.69) is 10.0 Å². The van der Waals surface area contributed by atoms with Gasteiger partial charge < -0.3 is 10.1 Å². The van der Waals surface area contributed by atoms with Gasteiger partial charge in [-0.15, -0.1) is 0 Å². The summed E-state index contributed by atoms with van der Waals surface area (Å²) in [4.78, 5) is 12.0. The number of carbonyl (C=O) groups excluding carboxylic acids is 1. The molecule has 0 saturated heterocycles. The van der Waals surface area contributed by atoms with Crippen LogP contribution in [0.3, 0.4) is 0 Å². The van der Waals surface area contributed by atoms with Crippen molar-refractivity contribution in [2.45, 2.75) is 11.1 Å². The van der Waals surface area contributed by atoms with Gasteiger partial charge in [-0.25, -0.2) is 8.42 Å². The number of carbonyl (C=O) groups is 1. The molecule has 4 rings (SSSR count). The second-order valence-corrected chi connectivity index (χ2v) is 8.08. The van der Waals surface area contributed by atoms with E-state index in [1.165, 1.54) is 18.2 Å². The van der Waals surface area contributed by atoms with E-state index < -0.39 is 32.6 Å². The molecule has 0 unspecified atom stereocenters. The lowest BCUT2D eigenvalue weighted by Crippen LogP contribution is -2.16. The Morgan fingerprint density at radius 1 is 0.900 bits per heavy atom. The normalized spacial score (nSPS) is 13.4. The molecule has 0 aliphatic carbocycles. The molecule has 1 aliphatic heterocycles. The van der Waals surface area contributed by atoms with Crippen LogP contribution in [0.1, 0.15) is 15.9 Å². The fraction of sp³-hybridized carbons (Fsp3) is 0.0500. The summed E-state index contributed by atoms with van der Waals surface area (Å²) < 4.78 is 71.7. The number of sulfonamides is 1. The first-order valence-corrected chi connectivity index (χ1v) is 10.0. The van der Waals surface area contributed by atoms with Crippen LogP contribution in [0, 0.1) is 0 Å². The molecule has 1 amide bonds. The highest BCUT2D eigenvalue weighted by atomic mass is 32.2. The van der Waals surface area contributed by atoms with E-state index in [1.807, 2.05) is 0 Å². The molecule has 1 aliphatic rings. The highest BCUT2D eigenvalue weighted by Gasteiger charge is 2.32. The van der Waals surface area contributed by atoms with Gasteiger partial charge in [-0.2, -0.15) is 13.2 Å². The number of alkyl halides is 3. The van der Waals surface area contributed by atoms with Crippen molar-refractivity contribution >= 4 is 27.3 Å². The molecule has 0 aromatic heterocycles. The lowest BCUT2D eigenvalue weighted by Gasteiger charge is -2.12. The van der Waals surface area contributed by atoms with Gasteiger partial charge in [-0.1, -0.05) is 18.2 Å². The molecular formula is C20H13F3N2O4S. The van der Waals surface area contributed by atoms with Crippen molar-refractivity contribution in [3.8, 4) is 11.5 Å². The predicted molar refractivity (Wildman–Crippen MR) is 103 cm³/mol. The van der Waals surface area contributed by atoms with Crippen LogP contribution in [-0.4, -0.2) is 14.3 Å². The summed E-state index contributed by atoms with van der Waals surface area (Å²) in [6, 6.07) is 14.1. The van der Waals surface area contributed by atoms with Crippen LogP contribution < -0.4 is 14.8 Å². The van der Waals surface area contributed by atoms with E-state index in [-0.39, 0.29) is 17.0 Å². The number of hydrogen-bond acceptors (Lipinski definition) is 4. The van der Waals surface area contributed by atoms with Gasteiger partial charge in [0.25, 0.3) is 15.9 Å². The molecule has 0 bridgehead atoms. The van der Waals surface area contributed by atoms with Crippen molar-refractivity contribution in [3.63, 3.8) is 0 Å². The predicted octanol–water partition coefficient (Wildman–Crippen LogP) is 4.86. The molecule has 3 aromatic carbocycles. The summed E-state index contributed by atoms with van der Waals surface area (Å²) in [7, 11) is -4.33. The van der Waals surface area contributed by atoms with Gasteiger partial charge in [0.2, 0.25) is 0 Å². The second-order valence-electron chi connectivity index (χ2n) is 6.39. The zero-order valence-electron chi connectivity index (χ0n) is 15.0. The molecule has 0 fully saturated rings. The van der Waals surface area contributed by atoms with Crippen LogP contribution in [0.4, 0.5) is 24.5 Å². The van der Waals surface area contributed by atoms with Crippen molar-refractivity contribution in [1.82, 2.24) is 0 Å². The Bertz CT molecular complexity index is 1260. The number of hydrogen-bond donors (Lipinski definition) is 2. The maximum atomic E-state index is 12.9. The average Bonchev–Trinajstić information content (AvgIpc) is 2.83. The highest BCUT2D eigenvalue weighted by Crippen LogP contribution is 2.37. The summed E-state index contributed by atoms with van der Waals surface area (Å²) in [5.41, 5.74) is -0.575. The zero-order chi connectivity index (χ0) is 21.5. The number of ether oxygens (including phenoxy) is 1. The molecular weight excluding hydrogens is 421 g/mol. The number of anilines is 2. The van der Waals surface area contributed by atoms with Crippen molar-refractivity contribution in [2.75, 3.05) is 10.0 Å². The summed E-state index contributed by atoms with van der Waals surface area (Å²) in [5, 5.41) is 2.66. The topological polar surface area (TPSA) is 84.5 Å². The average molecular weight is 434 g/mol. The summed E-state index contributed by atoms with van der Waals surface area (Å²) in [6.07, 6.45) is -4.68. The number of fused-ring (bicyclic) bond motifs is 2. The second kappa shape index (κ2) is 7.06. The maximum Gasteiger partial charge on any atom is 0.416 e. The molecule has 154 valence electrons. The largest absolute Gasteiger partial charge is 0.454 e. The number of amides is 1. The van der Waals surface area contributed by atoms with Crippen molar-refractivity contribution in [2.24, 2.45) is 0 Å². The first kappa shape index (κ1) is 19.8. The smallest absolute Gasteiger partial charge is 0.416 e. The fourth-order valence-corrected chi connectivity index (χ4v) is 3.98. The molecule has 0 atom stereocenters. The van der Waals surface area contributed by atoms with E-state index in [4.69, 9.17) is 4.74 Å². The van der Waals surface area contributed by atoms with Crippen LogP contribution in [0.5, 0.6) is 11.5 Å². The Labute approximate surface area is 169 Å². The number of benzene rings is 3. The van der Waals surface area contributed by atoms with E-state index in [0.29, 0.717) is 17.5 Å². The van der Waals surface area contributed by atoms with Crippen LogP contribution in [-0.2, 0) is 16.2 Å². The van der Waals surface area contributed by atoms with Gasteiger partial charge in [0.1, 0.15) is 5.75 Å². The van der Waals surface area contributed by atoms with E-state index in [0.717, 1.165) is 18.2 Å². The lowest BCUT2D eigenvalue weighted by atomic mass is 10.1. The Kier molecular flexibility index (Phi) is 4.65. The Hall–Kier alpha value is -3.53. The molecule has 10 heteroatoms. The van der Waals surface area contributed by atoms with Crippen molar-refractivity contribution in [1.29, 1.82) is 0 Å². The summed E-state index contributed by atoms with van der Waals surface area (Å²) in [5.74, 6) is 0.108. The number of halogens is 3. The van der Waals surface area contributed by atoms with E-state index >= 15 is 0 Å².